The molecule has 0 spiro atoms. The predicted octanol–water partition coefficient (Wildman–Crippen LogP) is 5.45. The molecule has 10 heteroatoms. The van der Waals surface area contributed by atoms with Crippen LogP contribution in [0.25, 0.3) is 22.4 Å². The quantitative estimate of drug-likeness (QED) is 0.440. The molecule has 5 rings (SSSR count). The third kappa shape index (κ3) is 3.99. The summed E-state index contributed by atoms with van der Waals surface area (Å²) in [6, 6.07) is 13.4. The number of anilines is 2. The van der Waals surface area contributed by atoms with E-state index < -0.39 is 6.36 Å². The summed E-state index contributed by atoms with van der Waals surface area (Å²) in [7, 11) is 1.58. The molecule has 0 radical (unpaired) electrons. The van der Waals surface area contributed by atoms with Crippen LogP contribution in [0.1, 0.15) is 6.92 Å². The molecule has 2 aromatic heterocycles. The van der Waals surface area contributed by atoms with E-state index in [1.165, 1.54) is 18.2 Å². The van der Waals surface area contributed by atoms with Crippen molar-refractivity contribution in [2.45, 2.75) is 19.3 Å². The monoisotopic (exact) mass is 456 g/mol. The number of para-hydroxylation sites is 1. The maximum Gasteiger partial charge on any atom is 0.573 e. The number of rotatable bonds is 4. The molecule has 7 nitrogen and oxygen atoms in total. The summed E-state index contributed by atoms with van der Waals surface area (Å²) in [5.41, 5.74) is 2.43. The Balaban J connectivity index is 1.55. The molecule has 0 saturated heterocycles. The third-order valence-corrected chi connectivity index (χ3v) is 5.31. The van der Waals surface area contributed by atoms with Gasteiger partial charge in [-0.15, -0.1) is 13.2 Å². The van der Waals surface area contributed by atoms with Crippen molar-refractivity contribution < 1.29 is 27.4 Å². The second-order valence-electron chi connectivity index (χ2n) is 7.55. The number of pyridine rings is 1. The van der Waals surface area contributed by atoms with E-state index in [0.29, 0.717) is 40.5 Å². The second kappa shape index (κ2) is 7.88. The zero-order chi connectivity index (χ0) is 23.2. The van der Waals surface area contributed by atoms with Crippen molar-refractivity contribution in [1.29, 1.82) is 0 Å². The molecule has 1 atom stereocenters. The zero-order valence-electron chi connectivity index (χ0n) is 17.7. The first-order valence-electron chi connectivity index (χ1n) is 10.1. The number of imidazole rings is 1. The number of methoxy groups -OCH3 is 1. The van der Waals surface area contributed by atoms with E-state index in [4.69, 9.17) is 9.47 Å². The van der Waals surface area contributed by atoms with E-state index in [0.717, 1.165) is 11.5 Å². The summed E-state index contributed by atoms with van der Waals surface area (Å²) >= 11 is 0. The lowest BCUT2D eigenvalue weighted by atomic mass is 10.1. The molecule has 3 heterocycles. The minimum absolute atomic E-state index is 0.0198. The Hall–Kier alpha value is -3.95. The topological polar surface area (TPSA) is 72.5 Å². The van der Waals surface area contributed by atoms with E-state index >= 15 is 0 Å². The summed E-state index contributed by atoms with van der Waals surface area (Å²) in [5.74, 6) is 2.16. The van der Waals surface area contributed by atoms with Crippen molar-refractivity contribution in [2.24, 2.45) is 0 Å². The van der Waals surface area contributed by atoms with Crippen molar-refractivity contribution in [3.63, 3.8) is 0 Å². The molecule has 170 valence electrons. The number of aromatic nitrogens is 3. The number of alkyl halides is 3. The van der Waals surface area contributed by atoms with Crippen molar-refractivity contribution >= 4 is 22.5 Å². The van der Waals surface area contributed by atoms with Gasteiger partial charge in [-0.1, -0.05) is 6.07 Å². The largest absolute Gasteiger partial charge is 0.573 e. The molecular formula is C23H19F3N4O3. The van der Waals surface area contributed by atoms with Gasteiger partial charge in [0.2, 0.25) is 0 Å². The fourth-order valence-electron chi connectivity index (χ4n) is 3.87. The molecular weight excluding hydrogens is 437 g/mol. The van der Waals surface area contributed by atoms with Crippen LogP contribution < -0.4 is 19.1 Å². The van der Waals surface area contributed by atoms with Gasteiger partial charge >= 0.3 is 6.36 Å². The zero-order valence-corrected chi connectivity index (χ0v) is 17.7. The Labute approximate surface area is 186 Å². The number of aromatic amines is 1. The summed E-state index contributed by atoms with van der Waals surface area (Å²) in [6.07, 6.45) is -3.11. The van der Waals surface area contributed by atoms with E-state index in [1.54, 1.807) is 13.3 Å². The molecule has 4 aromatic rings. The Morgan fingerprint density at radius 1 is 1.12 bits per heavy atom. The van der Waals surface area contributed by atoms with Gasteiger partial charge in [-0.05, 0) is 43.3 Å². The first kappa shape index (κ1) is 20.9. The van der Waals surface area contributed by atoms with Gasteiger partial charge in [-0.2, -0.15) is 0 Å². The maximum atomic E-state index is 12.6. The smallest absolute Gasteiger partial charge is 0.495 e. The SMILES string of the molecule is COc1ccc(N2c3cccc(-c4nc5ccc(OC(F)(F)F)cc5[nH]4)c3OCC2C)nc1. The van der Waals surface area contributed by atoms with Crippen LogP contribution in [0.2, 0.25) is 0 Å². The van der Waals surface area contributed by atoms with E-state index in [9.17, 15) is 13.2 Å². The van der Waals surface area contributed by atoms with Gasteiger partial charge in [0.1, 0.15) is 29.7 Å². The average molecular weight is 456 g/mol. The van der Waals surface area contributed by atoms with Crippen molar-refractivity contribution in [1.82, 2.24) is 15.0 Å². The molecule has 2 aromatic carbocycles. The van der Waals surface area contributed by atoms with Crippen LogP contribution in [-0.2, 0) is 0 Å². The van der Waals surface area contributed by atoms with Crippen LogP contribution in [0.15, 0.2) is 54.7 Å². The number of hydrogen-bond donors (Lipinski definition) is 1. The van der Waals surface area contributed by atoms with Crippen LogP contribution >= 0.6 is 0 Å². The van der Waals surface area contributed by atoms with Crippen LogP contribution in [0.5, 0.6) is 17.2 Å². The molecule has 0 amide bonds. The fourth-order valence-corrected chi connectivity index (χ4v) is 3.87. The number of benzene rings is 2. The number of fused-ring (bicyclic) bond motifs is 2. The molecule has 0 aliphatic carbocycles. The first-order chi connectivity index (χ1) is 15.8. The van der Waals surface area contributed by atoms with Crippen LogP contribution in [-0.4, -0.2) is 41.1 Å². The summed E-state index contributed by atoms with van der Waals surface area (Å²) < 4.78 is 53.0. The van der Waals surface area contributed by atoms with E-state index in [-0.39, 0.29) is 11.8 Å². The first-order valence-corrected chi connectivity index (χ1v) is 10.1. The van der Waals surface area contributed by atoms with Gasteiger partial charge in [0.15, 0.2) is 5.75 Å². The lowest BCUT2D eigenvalue weighted by Gasteiger charge is -2.36. The van der Waals surface area contributed by atoms with Gasteiger partial charge in [0.25, 0.3) is 0 Å². The van der Waals surface area contributed by atoms with Crippen LogP contribution in [0.3, 0.4) is 0 Å². The molecule has 1 aliphatic rings. The van der Waals surface area contributed by atoms with Crippen molar-refractivity contribution in [3.05, 3.63) is 54.7 Å². The Kier molecular flexibility index (Phi) is 4.99. The second-order valence-corrected chi connectivity index (χ2v) is 7.55. The highest BCUT2D eigenvalue weighted by atomic mass is 19.4. The molecule has 1 N–H and O–H groups in total. The highest BCUT2D eigenvalue weighted by Crippen LogP contribution is 2.44. The minimum Gasteiger partial charge on any atom is -0.495 e. The predicted molar refractivity (Wildman–Crippen MR) is 116 cm³/mol. The molecule has 0 fully saturated rings. The maximum absolute atomic E-state index is 12.6. The summed E-state index contributed by atoms with van der Waals surface area (Å²) in [6.45, 7) is 2.45. The lowest BCUT2D eigenvalue weighted by molar-refractivity contribution is -0.274. The average Bonchev–Trinajstić information content (AvgIpc) is 3.21. The Bertz CT molecular complexity index is 1300. The molecule has 1 aliphatic heterocycles. The molecule has 0 bridgehead atoms. The number of hydrogen-bond acceptors (Lipinski definition) is 6. The normalized spacial score (nSPS) is 15.8. The molecule has 0 saturated carbocycles. The standard InChI is InChI=1S/C23H19F3N4O3/c1-13-12-32-21-16(4-3-5-19(21)30(13)20-9-7-15(31-2)11-27-20)22-28-17-8-6-14(10-18(17)29-22)33-23(24,25)26/h3-11,13H,12H2,1-2H3,(H,28,29). The van der Waals surface area contributed by atoms with Crippen molar-refractivity contribution in [3.8, 4) is 28.6 Å². The summed E-state index contributed by atoms with van der Waals surface area (Å²) in [5, 5.41) is 0. The van der Waals surface area contributed by atoms with Crippen LogP contribution in [0, 0.1) is 0 Å². The fraction of sp³-hybridized carbons (Fsp3) is 0.217. The van der Waals surface area contributed by atoms with Crippen LogP contribution in [0.4, 0.5) is 24.7 Å². The molecule has 33 heavy (non-hydrogen) atoms. The number of halogens is 3. The summed E-state index contributed by atoms with van der Waals surface area (Å²) in [4.78, 5) is 14.2. The highest BCUT2D eigenvalue weighted by molar-refractivity contribution is 5.85. The van der Waals surface area contributed by atoms with Gasteiger partial charge in [0.05, 0.1) is 41.6 Å². The third-order valence-electron chi connectivity index (χ3n) is 5.31. The van der Waals surface area contributed by atoms with Gasteiger partial charge < -0.3 is 24.1 Å². The number of ether oxygens (including phenoxy) is 3. The lowest BCUT2D eigenvalue weighted by Crippen LogP contribution is -2.38. The van der Waals surface area contributed by atoms with Gasteiger partial charge in [-0.3, -0.25) is 0 Å². The number of nitrogens with zero attached hydrogens (tertiary/aromatic N) is 3. The van der Waals surface area contributed by atoms with Crippen molar-refractivity contribution in [2.75, 3.05) is 18.6 Å². The van der Waals surface area contributed by atoms with E-state index in [1.807, 2.05) is 37.3 Å². The number of H-pyrrole nitrogens is 1. The molecule has 1 unspecified atom stereocenters. The Morgan fingerprint density at radius 3 is 2.67 bits per heavy atom. The van der Waals surface area contributed by atoms with Gasteiger partial charge in [-0.25, -0.2) is 9.97 Å². The Morgan fingerprint density at radius 2 is 1.94 bits per heavy atom. The van der Waals surface area contributed by atoms with E-state index in [2.05, 4.69) is 24.6 Å². The number of nitrogens with one attached hydrogen (secondary N) is 1. The minimum atomic E-state index is -4.77. The van der Waals surface area contributed by atoms with Gasteiger partial charge in [0, 0.05) is 6.07 Å². The highest BCUT2D eigenvalue weighted by Gasteiger charge is 2.32.